The van der Waals surface area contributed by atoms with E-state index in [2.05, 4.69) is 0 Å². The zero-order valence-electron chi connectivity index (χ0n) is 10.2. The van der Waals surface area contributed by atoms with Gasteiger partial charge >= 0.3 is 5.97 Å². The summed E-state index contributed by atoms with van der Waals surface area (Å²) in [5.41, 5.74) is 0. The lowest BCUT2D eigenvalue weighted by atomic mass is 9.88. The fourth-order valence-corrected chi connectivity index (χ4v) is 2.12. The van der Waals surface area contributed by atoms with E-state index in [0.717, 1.165) is 19.3 Å². The molecule has 1 saturated carbocycles. The lowest BCUT2D eigenvalue weighted by molar-refractivity contribution is -0.144. The Morgan fingerprint density at radius 3 is 2.88 bits per heavy atom. The van der Waals surface area contributed by atoms with E-state index in [-0.39, 0.29) is 18.4 Å². The summed E-state index contributed by atoms with van der Waals surface area (Å²) in [6, 6.07) is 0. The number of esters is 1. The van der Waals surface area contributed by atoms with Crippen LogP contribution in [0, 0.1) is 5.92 Å². The number of carbonyl (C=O) groups is 2. The van der Waals surface area contributed by atoms with Crippen LogP contribution >= 0.6 is 0 Å². The first kappa shape index (κ1) is 13.2. The summed E-state index contributed by atoms with van der Waals surface area (Å²) in [6.07, 6.45) is 3.82. The minimum absolute atomic E-state index is 0.119. The Morgan fingerprint density at radius 2 is 2.25 bits per heavy atom. The zero-order valence-corrected chi connectivity index (χ0v) is 10.2. The molecule has 0 aromatic heterocycles. The molecule has 16 heavy (non-hydrogen) atoms. The first-order valence-corrected chi connectivity index (χ1v) is 6.00. The molecule has 0 bridgehead atoms. The Labute approximate surface area is 96.9 Å². The van der Waals surface area contributed by atoms with Crippen molar-refractivity contribution in [1.29, 1.82) is 0 Å². The quantitative estimate of drug-likeness (QED) is 0.663. The molecule has 1 aliphatic carbocycles. The van der Waals surface area contributed by atoms with Crippen LogP contribution in [-0.2, 0) is 14.3 Å². The monoisotopic (exact) mass is 227 g/mol. The zero-order chi connectivity index (χ0) is 12.0. The fraction of sp³-hybridized carbons (Fsp3) is 0.833. The molecule has 0 N–H and O–H groups in total. The molecule has 0 amide bonds. The standard InChI is InChI=1S/C12H21NO3/c1-3-16-12(15)9-13(2)8-10-6-4-5-7-11(10)14/h10H,3-9H2,1-2H3. The lowest BCUT2D eigenvalue weighted by Crippen LogP contribution is -2.35. The number of Topliss-reactive ketones (excluding diaryl/α,β-unsaturated/α-hetero) is 1. The first-order chi connectivity index (χ1) is 7.63. The second-order valence-corrected chi connectivity index (χ2v) is 4.41. The van der Waals surface area contributed by atoms with Gasteiger partial charge in [-0.25, -0.2) is 0 Å². The predicted molar refractivity (Wildman–Crippen MR) is 61.1 cm³/mol. The molecule has 0 aliphatic heterocycles. The SMILES string of the molecule is CCOC(=O)CN(C)CC1CCCCC1=O. The van der Waals surface area contributed by atoms with E-state index in [4.69, 9.17) is 4.74 Å². The van der Waals surface area contributed by atoms with Crippen LogP contribution in [0.15, 0.2) is 0 Å². The van der Waals surface area contributed by atoms with Crippen molar-refractivity contribution in [3.63, 3.8) is 0 Å². The molecule has 1 aliphatic rings. The second kappa shape index (κ2) is 6.63. The van der Waals surface area contributed by atoms with Crippen LogP contribution in [0.25, 0.3) is 0 Å². The van der Waals surface area contributed by atoms with Crippen molar-refractivity contribution in [2.45, 2.75) is 32.6 Å². The molecule has 0 radical (unpaired) electrons. The molecule has 0 spiro atoms. The van der Waals surface area contributed by atoms with E-state index in [1.807, 2.05) is 11.9 Å². The molecular weight excluding hydrogens is 206 g/mol. The Hall–Kier alpha value is -0.900. The van der Waals surface area contributed by atoms with E-state index in [1.54, 1.807) is 6.92 Å². The fourth-order valence-electron chi connectivity index (χ4n) is 2.12. The van der Waals surface area contributed by atoms with Crippen molar-refractivity contribution in [2.24, 2.45) is 5.92 Å². The topological polar surface area (TPSA) is 46.6 Å². The van der Waals surface area contributed by atoms with Crippen LogP contribution in [0.4, 0.5) is 0 Å². The molecule has 1 unspecified atom stereocenters. The third-order valence-electron chi connectivity index (χ3n) is 2.92. The van der Waals surface area contributed by atoms with Gasteiger partial charge in [0.25, 0.3) is 0 Å². The highest BCUT2D eigenvalue weighted by molar-refractivity contribution is 5.81. The van der Waals surface area contributed by atoms with Crippen LogP contribution in [0.3, 0.4) is 0 Å². The molecule has 1 atom stereocenters. The van der Waals surface area contributed by atoms with E-state index in [9.17, 15) is 9.59 Å². The minimum Gasteiger partial charge on any atom is -0.465 e. The maximum atomic E-state index is 11.6. The summed E-state index contributed by atoms with van der Waals surface area (Å²) >= 11 is 0. The van der Waals surface area contributed by atoms with Gasteiger partial charge in [0.15, 0.2) is 0 Å². The van der Waals surface area contributed by atoms with E-state index >= 15 is 0 Å². The van der Waals surface area contributed by atoms with Gasteiger partial charge in [-0.3, -0.25) is 14.5 Å². The number of nitrogens with zero attached hydrogens (tertiary/aromatic N) is 1. The number of likely N-dealkylation sites (N-methyl/N-ethyl adjacent to an activating group) is 1. The van der Waals surface area contributed by atoms with Gasteiger partial charge in [0.05, 0.1) is 13.2 Å². The smallest absolute Gasteiger partial charge is 0.320 e. The number of ketones is 1. The Balaban J connectivity index is 2.29. The molecule has 0 aromatic rings. The molecule has 0 saturated heterocycles. The van der Waals surface area contributed by atoms with Gasteiger partial charge in [0, 0.05) is 18.9 Å². The molecule has 1 fully saturated rings. The highest BCUT2D eigenvalue weighted by Crippen LogP contribution is 2.21. The summed E-state index contributed by atoms with van der Waals surface area (Å²) in [5.74, 6) is 0.253. The molecule has 1 rings (SSSR count). The van der Waals surface area contributed by atoms with E-state index in [0.29, 0.717) is 25.4 Å². The van der Waals surface area contributed by atoms with Crippen molar-refractivity contribution in [1.82, 2.24) is 4.90 Å². The average Bonchev–Trinajstić information content (AvgIpc) is 2.21. The third-order valence-corrected chi connectivity index (χ3v) is 2.92. The molecule has 92 valence electrons. The third kappa shape index (κ3) is 4.31. The van der Waals surface area contributed by atoms with Gasteiger partial charge in [0.1, 0.15) is 5.78 Å². The number of hydrogen-bond donors (Lipinski definition) is 0. The van der Waals surface area contributed by atoms with Gasteiger partial charge in [-0.15, -0.1) is 0 Å². The van der Waals surface area contributed by atoms with Crippen LogP contribution in [-0.4, -0.2) is 43.4 Å². The summed E-state index contributed by atoms with van der Waals surface area (Å²) in [7, 11) is 1.86. The molecule has 0 heterocycles. The normalized spacial score (nSPS) is 21.2. The molecule has 0 aromatic carbocycles. The Bertz CT molecular complexity index is 253. The lowest BCUT2D eigenvalue weighted by Gasteiger charge is -2.25. The van der Waals surface area contributed by atoms with Crippen molar-refractivity contribution in [3.8, 4) is 0 Å². The van der Waals surface area contributed by atoms with Gasteiger partial charge in [-0.2, -0.15) is 0 Å². The largest absolute Gasteiger partial charge is 0.465 e. The summed E-state index contributed by atoms with van der Waals surface area (Å²) in [4.78, 5) is 24.7. The number of carbonyl (C=O) groups excluding carboxylic acids is 2. The summed E-state index contributed by atoms with van der Waals surface area (Å²) < 4.78 is 4.86. The van der Waals surface area contributed by atoms with Crippen molar-refractivity contribution < 1.29 is 14.3 Å². The van der Waals surface area contributed by atoms with Crippen molar-refractivity contribution >= 4 is 11.8 Å². The van der Waals surface area contributed by atoms with Gasteiger partial charge < -0.3 is 4.74 Å². The molecular formula is C12H21NO3. The highest BCUT2D eigenvalue weighted by Gasteiger charge is 2.23. The average molecular weight is 227 g/mol. The van der Waals surface area contributed by atoms with Gasteiger partial charge in [-0.1, -0.05) is 6.42 Å². The number of ether oxygens (including phenoxy) is 1. The van der Waals surface area contributed by atoms with Crippen LogP contribution in [0.5, 0.6) is 0 Å². The van der Waals surface area contributed by atoms with Crippen LogP contribution < -0.4 is 0 Å². The second-order valence-electron chi connectivity index (χ2n) is 4.41. The van der Waals surface area contributed by atoms with E-state index < -0.39 is 0 Å². The van der Waals surface area contributed by atoms with Gasteiger partial charge in [0.2, 0.25) is 0 Å². The van der Waals surface area contributed by atoms with Crippen molar-refractivity contribution in [3.05, 3.63) is 0 Å². The maximum absolute atomic E-state index is 11.6. The van der Waals surface area contributed by atoms with Crippen LogP contribution in [0.2, 0.25) is 0 Å². The Morgan fingerprint density at radius 1 is 1.50 bits per heavy atom. The summed E-state index contributed by atoms with van der Waals surface area (Å²) in [6.45, 7) is 3.16. The van der Waals surface area contributed by atoms with Crippen molar-refractivity contribution in [2.75, 3.05) is 26.7 Å². The minimum atomic E-state index is -0.215. The van der Waals surface area contributed by atoms with E-state index in [1.165, 1.54) is 0 Å². The Kier molecular flexibility index (Phi) is 5.46. The predicted octanol–water partition coefficient (Wildman–Crippen LogP) is 1.24. The molecule has 4 nitrogen and oxygen atoms in total. The van der Waals surface area contributed by atoms with Crippen LogP contribution in [0.1, 0.15) is 32.6 Å². The molecule has 4 heteroatoms. The number of rotatable bonds is 5. The first-order valence-electron chi connectivity index (χ1n) is 6.00. The maximum Gasteiger partial charge on any atom is 0.320 e. The highest BCUT2D eigenvalue weighted by atomic mass is 16.5. The van der Waals surface area contributed by atoms with Gasteiger partial charge in [-0.05, 0) is 26.8 Å². The number of hydrogen-bond acceptors (Lipinski definition) is 4. The summed E-state index contributed by atoms with van der Waals surface area (Å²) in [5, 5.41) is 0.